The fourth-order valence-corrected chi connectivity index (χ4v) is 3.47. The van der Waals surface area contributed by atoms with Crippen LogP contribution in [0.25, 0.3) is 0 Å². The average molecular weight is 346 g/mol. The van der Waals surface area contributed by atoms with Crippen molar-refractivity contribution in [3.05, 3.63) is 29.8 Å². The molecular weight excluding hydrogens is 320 g/mol. The maximum Gasteiger partial charge on any atom is 0.253 e. The number of benzene rings is 1. The van der Waals surface area contributed by atoms with Gasteiger partial charge >= 0.3 is 0 Å². The van der Waals surface area contributed by atoms with Gasteiger partial charge in [-0.15, -0.1) is 0 Å². The highest BCUT2D eigenvalue weighted by atomic mass is 16.5. The molecule has 25 heavy (non-hydrogen) atoms. The molecule has 1 unspecified atom stereocenters. The van der Waals surface area contributed by atoms with Crippen molar-refractivity contribution in [3.63, 3.8) is 0 Å². The average Bonchev–Trinajstić information content (AvgIpc) is 3.05. The number of carbonyl (C=O) groups is 2. The van der Waals surface area contributed by atoms with Crippen LogP contribution in [0.1, 0.15) is 36.5 Å². The second kappa shape index (κ2) is 7.44. The lowest BCUT2D eigenvalue weighted by atomic mass is 9.89. The summed E-state index contributed by atoms with van der Waals surface area (Å²) in [7, 11) is 1.63. The third-order valence-corrected chi connectivity index (χ3v) is 5.11. The highest BCUT2D eigenvalue weighted by Gasteiger charge is 2.41. The normalized spacial score (nSPS) is 24.2. The highest BCUT2D eigenvalue weighted by Crippen LogP contribution is 2.31. The number of hydrogen-bond donors (Lipinski definition) is 1. The van der Waals surface area contributed by atoms with E-state index >= 15 is 0 Å². The third kappa shape index (κ3) is 3.95. The van der Waals surface area contributed by atoms with Crippen LogP contribution < -0.4 is 10.1 Å². The smallest absolute Gasteiger partial charge is 0.253 e. The van der Waals surface area contributed by atoms with Gasteiger partial charge in [-0.2, -0.15) is 0 Å². The van der Waals surface area contributed by atoms with Crippen molar-refractivity contribution in [2.45, 2.75) is 32.3 Å². The van der Waals surface area contributed by atoms with Crippen molar-refractivity contribution < 1.29 is 19.1 Å². The van der Waals surface area contributed by atoms with Crippen LogP contribution in [0.4, 0.5) is 0 Å². The maximum absolute atomic E-state index is 12.7. The van der Waals surface area contributed by atoms with Crippen molar-refractivity contribution >= 4 is 11.8 Å². The van der Waals surface area contributed by atoms with E-state index in [1.165, 1.54) is 0 Å². The molecule has 0 radical (unpaired) electrons. The number of ether oxygens (including phenoxy) is 2. The minimum atomic E-state index is -0.503. The predicted molar refractivity (Wildman–Crippen MR) is 93.6 cm³/mol. The lowest BCUT2D eigenvalue weighted by Gasteiger charge is -2.24. The molecule has 6 nitrogen and oxygen atoms in total. The Morgan fingerprint density at radius 1 is 1.24 bits per heavy atom. The van der Waals surface area contributed by atoms with Crippen LogP contribution in [0.15, 0.2) is 24.3 Å². The molecule has 2 aliphatic heterocycles. The number of rotatable bonds is 4. The van der Waals surface area contributed by atoms with E-state index in [-0.39, 0.29) is 17.9 Å². The fourth-order valence-electron chi connectivity index (χ4n) is 3.47. The van der Waals surface area contributed by atoms with Gasteiger partial charge in [-0.05, 0) is 37.6 Å². The molecule has 0 bridgehead atoms. The van der Waals surface area contributed by atoms with Gasteiger partial charge < -0.3 is 19.7 Å². The summed E-state index contributed by atoms with van der Waals surface area (Å²) in [6.07, 6.45) is 2.66. The van der Waals surface area contributed by atoms with Crippen LogP contribution in [0.5, 0.6) is 5.75 Å². The SMILES string of the molecule is CNC(=O)C1(C)CCN(C(=O)c2ccc(OC3CCOCC3)cc2)C1. The molecule has 2 amide bonds. The zero-order chi connectivity index (χ0) is 17.9. The van der Waals surface area contributed by atoms with Crippen molar-refractivity contribution in [1.82, 2.24) is 10.2 Å². The molecule has 1 atom stereocenters. The highest BCUT2D eigenvalue weighted by molar-refractivity contribution is 5.95. The summed E-state index contributed by atoms with van der Waals surface area (Å²) < 4.78 is 11.3. The first kappa shape index (κ1) is 17.7. The first-order chi connectivity index (χ1) is 12.0. The summed E-state index contributed by atoms with van der Waals surface area (Å²) in [5.74, 6) is 0.730. The zero-order valence-electron chi connectivity index (χ0n) is 14.9. The van der Waals surface area contributed by atoms with Gasteiger partial charge in [-0.3, -0.25) is 9.59 Å². The van der Waals surface area contributed by atoms with Crippen LogP contribution in [0.3, 0.4) is 0 Å². The van der Waals surface area contributed by atoms with Gasteiger partial charge in [0.2, 0.25) is 5.91 Å². The van der Waals surface area contributed by atoms with Gasteiger partial charge in [0.25, 0.3) is 5.91 Å². The largest absolute Gasteiger partial charge is 0.490 e. The summed E-state index contributed by atoms with van der Waals surface area (Å²) in [5.41, 5.74) is 0.122. The predicted octanol–water partition coefficient (Wildman–Crippen LogP) is 1.84. The Balaban J connectivity index is 1.60. The Morgan fingerprint density at radius 3 is 2.56 bits per heavy atom. The summed E-state index contributed by atoms with van der Waals surface area (Å²) in [4.78, 5) is 26.4. The van der Waals surface area contributed by atoms with Crippen LogP contribution in [-0.2, 0) is 9.53 Å². The number of nitrogens with one attached hydrogen (secondary N) is 1. The van der Waals surface area contributed by atoms with E-state index < -0.39 is 5.41 Å². The Bertz CT molecular complexity index is 625. The lowest BCUT2D eigenvalue weighted by Crippen LogP contribution is -2.40. The van der Waals surface area contributed by atoms with Gasteiger partial charge in [0.15, 0.2) is 0 Å². The van der Waals surface area contributed by atoms with Crippen molar-refractivity contribution in [2.75, 3.05) is 33.4 Å². The second-order valence-corrected chi connectivity index (χ2v) is 7.07. The number of likely N-dealkylation sites (tertiary alicyclic amines) is 1. The molecule has 0 saturated carbocycles. The van der Waals surface area contributed by atoms with E-state index in [0.29, 0.717) is 25.1 Å². The van der Waals surface area contributed by atoms with Crippen LogP contribution in [0.2, 0.25) is 0 Å². The standard InChI is InChI=1S/C19H26N2O4/c1-19(18(23)20-2)9-10-21(13-19)17(22)14-3-5-15(6-4-14)25-16-7-11-24-12-8-16/h3-6,16H,7-13H2,1-2H3,(H,20,23). The molecule has 3 rings (SSSR count). The summed E-state index contributed by atoms with van der Waals surface area (Å²) in [6, 6.07) is 7.28. The Labute approximate surface area is 148 Å². The Morgan fingerprint density at radius 2 is 1.92 bits per heavy atom. The van der Waals surface area contributed by atoms with E-state index in [4.69, 9.17) is 9.47 Å². The minimum Gasteiger partial charge on any atom is -0.490 e. The van der Waals surface area contributed by atoms with E-state index in [2.05, 4.69) is 5.32 Å². The fraction of sp³-hybridized carbons (Fsp3) is 0.579. The van der Waals surface area contributed by atoms with Crippen LogP contribution >= 0.6 is 0 Å². The van der Waals surface area contributed by atoms with Crippen molar-refractivity contribution in [2.24, 2.45) is 5.41 Å². The number of nitrogens with zero attached hydrogens (tertiary/aromatic N) is 1. The van der Waals surface area contributed by atoms with E-state index in [9.17, 15) is 9.59 Å². The van der Waals surface area contributed by atoms with Crippen molar-refractivity contribution in [3.8, 4) is 5.75 Å². The van der Waals surface area contributed by atoms with E-state index in [1.54, 1.807) is 24.1 Å². The first-order valence-electron chi connectivity index (χ1n) is 8.88. The number of amides is 2. The molecule has 0 aliphatic carbocycles. The second-order valence-electron chi connectivity index (χ2n) is 7.07. The number of carbonyl (C=O) groups excluding carboxylic acids is 2. The monoisotopic (exact) mass is 346 g/mol. The molecule has 2 saturated heterocycles. The van der Waals surface area contributed by atoms with Gasteiger partial charge in [-0.25, -0.2) is 0 Å². The molecule has 1 aromatic rings. The molecule has 6 heteroatoms. The number of hydrogen-bond acceptors (Lipinski definition) is 4. The molecule has 1 aromatic carbocycles. The van der Waals surface area contributed by atoms with Gasteiger partial charge in [0.1, 0.15) is 11.9 Å². The molecule has 136 valence electrons. The van der Waals surface area contributed by atoms with Crippen molar-refractivity contribution in [1.29, 1.82) is 0 Å². The summed E-state index contributed by atoms with van der Waals surface area (Å²) in [6.45, 7) is 4.43. The first-order valence-corrected chi connectivity index (χ1v) is 8.88. The molecule has 0 aromatic heterocycles. The molecule has 2 aliphatic rings. The minimum absolute atomic E-state index is 0.0111. The molecule has 2 fully saturated rings. The van der Waals surface area contributed by atoms with Crippen LogP contribution in [-0.4, -0.2) is 56.2 Å². The molecule has 1 N–H and O–H groups in total. The van der Waals surface area contributed by atoms with Gasteiger partial charge in [0.05, 0.1) is 18.6 Å². The quantitative estimate of drug-likeness (QED) is 0.903. The molecular formula is C19H26N2O4. The van der Waals surface area contributed by atoms with Crippen LogP contribution in [0, 0.1) is 5.41 Å². The topological polar surface area (TPSA) is 67.9 Å². The Kier molecular flexibility index (Phi) is 5.27. The van der Waals surface area contributed by atoms with E-state index in [1.807, 2.05) is 19.1 Å². The van der Waals surface area contributed by atoms with E-state index in [0.717, 1.165) is 31.8 Å². The van der Waals surface area contributed by atoms with Gasteiger partial charge in [-0.1, -0.05) is 0 Å². The summed E-state index contributed by atoms with van der Waals surface area (Å²) >= 11 is 0. The lowest BCUT2D eigenvalue weighted by molar-refractivity contribution is -0.128. The third-order valence-electron chi connectivity index (χ3n) is 5.11. The summed E-state index contributed by atoms with van der Waals surface area (Å²) in [5, 5.41) is 2.69. The zero-order valence-corrected chi connectivity index (χ0v) is 14.9. The maximum atomic E-state index is 12.7. The molecule has 0 spiro atoms. The Hall–Kier alpha value is -2.08. The molecule has 2 heterocycles. The van der Waals surface area contributed by atoms with Gasteiger partial charge in [0, 0.05) is 38.5 Å².